The van der Waals surface area contributed by atoms with Crippen molar-refractivity contribution in [2.45, 2.75) is 112 Å². The average Bonchev–Trinajstić information content (AvgIpc) is 2.66. The first kappa shape index (κ1) is 23.6. The van der Waals surface area contributed by atoms with E-state index in [0.29, 0.717) is 12.5 Å². The van der Waals surface area contributed by atoms with Crippen molar-refractivity contribution in [3.63, 3.8) is 0 Å². The van der Waals surface area contributed by atoms with E-state index in [2.05, 4.69) is 41.5 Å². The van der Waals surface area contributed by atoms with Crippen molar-refractivity contribution in [3.8, 4) is 0 Å². The molecule has 1 unspecified atom stereocenters. The Balaban J connectivity index is 2.77. The van der Waals surface area contributed by atoms with Crippen LogP contribution in [0.1, 0.15) is 106 Å². The second-order valence-electron chi connectivity index (χ2n) is 11.0. The number of ketones is 1. The van der Waals surface area contributed by atoms with E-state index in [-0.39, 0.29) is 28.1 Å². The number of hydrogen-bond acceptors (Lipinski definition) is 3. The van der Waals surface area contributed by atoms with Crippen LogP contribution < -0.4 is 11.5 Å². The predicted molar refractivity (Wildman–Crippen MR) is 113 cm³/mol. The maximum absolute atomic E-state index is 13.3. The lowest BCUT2D eigenvalue weighted by atomic mass is 9.66. The maximum atomic E-state index is 13.3. The van der Waals surface area contributed by atoms with Crippen LogP contribution in [0, 0.1) is 22.2 Å². The zero-order chi connectivity index (χ0) is 20.0. The van der Waals surface area contributed by atoms with Crippen molar-refractivity contribution in [3.05, 3.63) is 0 Å². The Morgan fingerprint density at radius 1 is 0.885 bits per heavy atom. The van der Waals surface area contributed by atoms with Gasteiger partial charge in [0, 0.05) is 5.41 Å². The van der Waals surface area contributed by atoms with Crippen molar-refractivity contribution in [2.24, 2.45) is 33.6 Å². The number of carbonyl (C=O) groups excluding carboxylic acids is 1. The lowest BCUT2D eigenvalue weighted by Gasteiger charge is -2.39. The summed E-state index contributed by atoms with van der Waals surface area (Å²) in [7, 11) is 0. The normalized spacial score (nSPS) is 20.2. The molecule has 1 atom stereocenters. The molecule has 0 bridgehead atoms. The summed E-state index contributed by atoms with van der Waals surface area (Å²) in [5.74, 6) is 0.739. The Labute approximate surface area is 163 Å². The molecule has 0 saturated heterocycles. The molecule has 0 aliphatic heterocycles. The summed E-state index contributed by atoms with van der Waals surface area (Å²) in [5, 5.41) is 0. The minimum Gasteiger partial charge on any atom is -0.330 e. The van der Waals surface area contributed by atoms with Gasteiger partial charge in [0.15, 0.2) is 5.78 Å². The molecule has 1 aliphatic carbocycles. The third-order valence-electron chi connectivity index (χ3n) is 6.63. The van der Waals surface area contributed by atoms with Gasteiger partial charge in [0.25, 0.3) is 0 Å². The molecule has 0 spiro atoms. The highest BCUT2D eigenvalue weighted by molar-refractivity contribution is 5.89. The van der Waals surface area contributed by atoms with E-state index in [1.807, 2.05) is 0 Å². The smallest absolute Gasteiger partial charge is 0.155 e. The molecule has 26 heavy (non-hydrogen) atoms. The van der Waals surface area contributed by atoms with E-state index in [4.69, 9.17) is 11.5 Å². The zero-order valence-electron chi connectivity index (χ0n) is 18.5. The number of carbonyl (C=O) groups is 1. The molecule has 0 radical (unpaired) electrons. The van der Waals surface area contributed by atoms with Gasteiger partial charge in [-0.25, -0.2) is 0 Å². The van der Waals surface area contributed by atoms with Gasteiger partial charge in [-0.15, -0.1) is 0 Å². The maximum Gasteiger partial charge on any atom is 0.155 e. The summed E-state index contributed by atoms with van der Waals surface area (Å²) in [4.78, 5) is 13.3. The number of nitrogens with two attached hydrogens (primary N) is 2. The van der Waals surface area contributed by atoms with Crippen molar-refractivity contribution < 1.29 is 4.79 Å². The molecular formula is C23H46N2O. The Hall–Kier alpha value is -0.410. The van der Waals surface area contributed by atoms with Crippen molar-refractivity contribution in [1.29, 1.82) is 0 Å². The second kappa shape index (κ2) is 9.68. The van der Waals surface area contributed by atoms with E-state index in [9.17, 15) is 4.79 Å². The van der Waals surface area contributed by atoms with Crippen LogP contribution in [0.2, 0.25) is 0 Å². The van der Waals surface area contributed by atoms with Crippen molar-refractivity contribution >= 4 is 5.78 Å². The standard InChI is InChI=1S/C23H46N2O/c1-21(2,16-22(3,4)17-24)15-19(25)20(26)23(5,6)18-13-11-9-7-8-10-12-14-18/h18-19H,7-17,24-25H2,1-6H3. The van der Waals surface area contributed by atoms with E-state index in [1.165, 1.54) is 51.4 Å². The molecule has 1 fully saturated rings. The molecule has 0 heterocycles. The first-order chi connectivity index (χ1) is 11.9. The van der Waals surface area contributed by atoms with Crippen LogP contribution in [0.4, 0.5) is 0 Å². The van der Waals surface area contributed by atoms with E-state index < -0.39 is 0 Å². The van der Waals surface area contributed by atoms with Crippen LogP contribution in [0.15, 0.2) is 0 Å². The highest BCUT2D eigenvalue weighted by atomic mass is 16.1. The highest BCUT2D eigenvalue weighted by Crippen LogP contribution is 2.41. The number of rotatable bonds is 8. The molecule has 4 N–H and O–H groups in total. The number of Topliss-reactive ketones (excluding diaryl/α,β-unsaturated/α-hetero) is 1. The van der Waals surface area contributed by atoms with Gasteiger partial charge in [-0.2, -0.15) is 0 Å². The summed E-state index contributed by atoms with van der Waals surface area (Å²) >= 11 is 0. The van der Waals surface area contributed by atoms with Gasteiger partial charge in [0.2, 0.25) is 0 Å². The van der Waals surface area contributed by atoms with Crippen molar-refractivity contribution in [1.82, 2.24) is 0 Å². The molecule has 1 rings (SSSR count). The lowest BCUT2D eigenvalue weighted by Crippen LogP contribution is -2.46. The molecule has 0 amide bonds. The van der Waals surface area contributed by atoms with E-state index in [0.717, 1.165) is 12.8 Å². The molecule has 0 aromatic rings. The fourth-order valence-electron chi connectivity index (χ4n) is 5.16. The monoisotopic (exact) mass is 366 g/mol. The largest absolute Gasteiger partial charge is 0.330 e. The Bertz CT molecular complexity index is 429. The summed E-state index contributed by atoms with van der Waals surface area (Å²) in [6.45, 7) is 13.8. The quantitative estimate of drug-likeness (QED) is 0.600. The average molecular weight is 367 g/mol. The van der Waals surface area contributed by atoms with Gasteiger partial charge in [-0.05, 0) is 49.0 Å². The van der Waals surface area contributed by atoms with Crippen LogP contribution in [0.25, 0.3) is 0 Å². The molecule has 0 aromatic carbocycles. The molecule has 0 aromatic heterocycles. The molecule has 1 aliphatic rings. The predicted octanol–water partition coefficient (Wildman–Crippen LogP) is 5.45. The van der Waals surface area contributed by atoms with Crippen LogP contribution in [0.3, 0.4) is 0 Å². The molecule has 3 heteroatoms. The van der Waals surface area contributed by atoms with Crippen LogP contribution >= 0.6 is 0 Å². The van der Waals surface area contributed by atoms with Gasteiger partial charge in [0.05, 0.1) is 6.04 Å². The first-order valence-corrected chi connectivity index (χ1v) is 10.9. The minimum atomic E-state index is -0.374. The van der Waals surface area contributed by atoms with Gasteiger partial charge in [0.1, 0.15) is 0 Å². The molecular weight excluding hydrogens is 320 g/mol. The van der Waals surface area contributed by atoms with Crippen LogP contribution in [-0.4, -0.2) is 18.4 Å². The summed E-state index contributed by atoms with van der Waals surface area (Å²) in [6, 6.07) is -0.374. The van der Waals surface area contributed by atoms with Gasteiger partial charge < -0.3 is 11.5 Å². The summed E-state index contributed by atoms with van der Waals surface area (Å²) < 4.78 is 0. The van der Waals surface area contributed by atoms with Crippen LogP contribution in [-0.2, 0) is 4.79 Å². The van der Waals surface area contributed by atoms with E-state index >= 15 is 0 Å². The minimum absolute atomic E-state index is 0.0203. The first-order valence-electron chi connectivity index (χ1n) is 10.9. The zero-order valence-corrected chi connectivity index (χ0v) is 18.5. The SMILES string of the molecule is CC(C)(CN)CC(C)(C)CC(N)C(=O)C(C)(C)C1CCCCCCCC1. The second-order valence-corrected chi connectivity index (χ2v) is 11.0. The summed E-state index contributed by atoms with van der Waals surface area (Å²) in [5.41, 5.74) is 12.2. The third-order valence-corrected chi connectivity index (χ3v) is 6.63. The highest BCUT2D eigenvalue weighted by Gasteiger charge is 2.40. The van der Waals surface area contributed by atoms with Gasteiger partial charge >= 0.3 is 0 Å². The fraction of sp³-hybridized carbons (Fsp3) is 0.957. The van der Waals surface area contributed by atoms with Gasteiger partial charge in [-0.1, -0.05) is 80.1 Å². The third kappa shape index (κ3) is 7.31. The topological polar surface area (TPSA) is 69.1 Å². The molecule has 154 valence electrons. The number of hydrogen-bond donors (Lipinski definition) is 2. The van der Waals surface area contributed by atoms with E-state index in [1.54, 1.807) is 0 Å². The summed E-state index contributed by atoms with van der Waals surface area (Å²) in [6.07, 6.45) is 11.9. The van der Waals surface area contributed by atoms with Gasteiger partial charge in [-0.3, -0.25) is 4.79 Å². The lowest BCUT2D eigenvalue weighted by molar-refractivity contribution is -0.132. The van der Waals surface area contributed by atoms with Crippen LogP contribution in [0.5, 0.6) is 0 Å². The molecule has 1 saturated carbocycles. The van der Waals surface area contributed by atoms with Crippen molar-refractivity contribution in [2.75, 3.05) is 6.54 Å². The molecule has 3 nitrogen and oxygen atoms in total. The Kier molecular flexibility index (Phi) is 8.80. The fourth-order valence-corrected chi connectivity index (χ4v) is 5.16. The Morgan fingerprint density at radius 2 is 1.35 bits per heavy atom. The Morgan fingerprint density at radius 3 is 1.81 bits per heavy atom.